The maximum atomic E-state index is 12.3. The van der Waals surface area contributed by atoms with Crippen molar-refractivity contribution < 1.29 is 13.7 Å². The van der Waals surface area contributed by atoms with E-state index in [1.54, 1.807) is 42.0 Å². The molecule has 3 aromatic heterocycles. The molecule has 0 bridgehead atoms. The molecule has 1 amide bonds. The number of nitrogens with one attached hydrogen (secondary N) is 1. The van der Waals surface area contributed by atoms with E-state index in [1.165, 1.54) is 0 Å². The molecule has 4 heterocycles. The van der Waals surface area contributed by atoms with E-state index < -0.39 is 0 Å². The number of amides is 1. The predicted octanol–water partition coefficient (Wildman–Crippen LogP) is 2.79. The Morgan fingerprint density at radius 1 is 1.46 bits per heavy atom. The Balaban J connectivity index is 1.38. The molecule has 7 nitrogen and oxygen atoms in total. The lowest BCUT2D eigenvalue weighted by Crippen LogP contribution is -2.40. The fourth-order valence-corrected chi connectivity index (χ4v) is 3.62. The molecule has 124 valence electrons. The third-order valence-corrected chi connectivity index (χ3v) is 4.86. The van der Waals surface area contributed by atoms with Gasteiger partial charge in [0.1, 0.15) is 0 Å². The first kappa shape index (κ1) is 14.9. The van der Waals surface area contributed by atoms with E-state index in [0.717, 1.165) is 24.5 Å². The lowest BCUT2D eigenvalue weighted by Gasteiger charge is -2.23. The van der Waals surface area contributed by atoms with Crippen LogP contribution in [0.5, 0.6) is 0 Å². The molecule has 1 unspecified atom stereocenters. The van der Waals surface area contributed by atoms with E-state index >= 15 is 0 Å². The van der Waals surface area contributed by atoms with Crippen LogP contribution in [-0.2, 0) is 0 Å². The second-order valence-electron chi connectivity index (χ2n) is 5.57. The summed E-state index contributed by atoms with van der Waals surface area (Å²) in [6.45, 7) is 1.53. The van der Waals surface area contributed by atoms with Gasteiger partial charge in [-0.25, -0.2) is 4.98 Å². The van der Waals surface area contributed by atoms with Crippen LogP contribution in [0.15, 0.2) is 45.0 Å². The summed E-state index contributed by atoms with van der Waals surface area (Å²) in [5.41, 5.74) is 0.250. The Morgan fingerprint density at radius 3 is 3.21 bits per heavy atom. The fourth-order valence-electron chi connectivity index (χ4n) is 2.88. The summed E-state index contributed by atoms with van der Waals surface area (Å²) in [5.74, 6) is 0.741. The normalized spacial score (nSPS) is 17.3. The van der Waals surface area contributed by atoms with Gasteiger partial charge in [-0.1, -0.05) is 5.16 Å². The van der Waals surface area contributed by atoms with Crippen LogP contribution in [0.25, 0.3) is 11.5 Å². The molecule has 0 saturated carbocycles. The largest absolute Gasteiger partial charge is 0.461 e. The number of thiazole rings is 1. The number of rotatable bonds is 5. The molecule has 0 aliphatic carbocycles. The van der Waals surface area contributed by atoms with Gasteiger partial charge >= 0.3 is 0 Å². The minimum absolute atomic E-state index is 0.248. The van der Waals surface area contributed by atoms with Gasteiger partial charge in [0, 0.05) is 36.8 Å². The number of carbonyl (C=O) groups is 1. The highest BCUT2D eigenvalue weighted by atomic mass is 32.1. The quantitative estimate of drug-likeness (QED) is 0.766. The van der Waals surface area contributed by atoms with E-state index in [-0.39, 0.29) is 17.6 Å². The summed E-state index contributed by atoms with van der Waals surface area (Å²) in [5, 5.41) is 9.72. The van der Waals surface area contributed by atoms with Crippen molar-refractivity contribution in [2.45, 2.75) is 18.9 Å². The molecule has 1 atom stereocenters. The molecule has 0 spiro atoms. The van der Waals surface area contributed by atoms with E-state index in [0.29, 0.717) is 18.1 Å². The van der Waals surface area contributed by atoms with Crippen molar-refractivity contribution in [3.05, 3.63) is 41.7 Å². The molecular formula is C16H16N4O3S. The summed E-state index contributed by atoms with van der Waals surface area (Å²) in [7, 11) is 0. The lowest BCUT2D eigenvalue weighted by atomic mass is 10.2. The summed E-state index contributed by atoms with van der Waals surface area (Å²) in [6.07, 6.45) is 5.49. The number of furan rings is 1. The third kappa shape index (κ3) is 2.92. The zero-order valence-corrected chi connectivity index (χ0v) is 13.7. The van der Waals surface area contributed by atoms with Crippen molar-refractivity contribution in [2.75, 3.05) is 18.0 Å². The Labute approximate surface area is 142 Å². The summed E-state index contributed by atoms with van der Waals surface area (Å²) in [4.78, 5) is 18.9. The number of carbonyl (C=O) groups excluding carboxylic acids is 1. The van der Waals surface area contributed by atoms with E-state index in [1.807, 2.05) is 5.38 Å². The second-order valence-corrected chi connectivity index (χ2v) is 6.44. The number of nitrogens with zero attached hydrogens (tertiary/aromatic N) is 3. The Kier molecular flexibility index (Phi) is 4.04. The molecule has 0 radical (unpaired) electrons. The van der Waals surface area contributed by atoms with Crippen molar-refractivity contribution in [3.63, 3.8) is 0 Å². The molecule has 0 aromatic carbocycles. The molecule has 1 saturated heterocycles. The van der Waals surface area contributed by atoms with Gasteiger partial charge in [0.25, 0.3) is 5.91 Å². The average Bonchev–Trinajstić information content (AvgIpc) is 3.40. The van der Waals surface area contributed by atoms with Crippen LogP contribution < -0.4 is 10.2 Å². The van der Waals surface area contributed by atoms with Crippen molar-refractivity contribution in [1.82, 2.24) is 15.5 Å². The number of aromatic nitrogens is 2. The molecular weight excluding hydrogens is 328 g/mol. The van der Waals surface area contributed by atoms with Crippen LogP contribution in [0.3, 0.4) is 0 Å². The fraction of sp³-hybridized carbons (Fsp3) is 0.312. The first-order valence-electron chi connectivity index (χ1n) is 7.76. The molecule has 8 heteroatoms. The Morgan fingerprint density at radius 2 is 2.42 bits per heavy atom. The van der Waals surface area contributed by atoms with Gasteiger partial charge in [-0.15, -0.1) is 11.3 Å². The smallest absolute Gasteiger partial charge is 0.273 e. The summed E-state index contributed by atoms with van der Waals surface area (Å²) < 4.78 is 10.4. The average molecular weight is 344 g/mol. The standard InChI is InChI=1S/C16H16N4O3S/c21-15(12-9-14(23-19-12)13-4-2-7-22-13)18-10-11-3-1-6-20(11)16-17-5-8-24-16/h2,4-5,7-9,11H,1,3,6,10H2,(H,18,21). The minimum atomic E-state index is -0.248. The molecule has 1 aliphatic rings. The predicted molar refractivity (Wildman–Crippen MR) is 89.0 cm³/mol. The summed E-state index contributed by atoms with van der Waals surface area (Å²) in [6, 6.07) is 5.36. The van der Waals surface area contributed by atoms with Crippen LogP contribution in [0, 0.1) is 0 Å². The van der Waals surface area contributed by atoms with Crippen molar-refractivity contribution in [2.24, 2.45) is 0 Å². The van der Waals surface area contributed by atoms with Crippen LogP contribution in [0.1, 0.15) is 23.3 Å². The van der Waals surface area contributed by atoms with E-state index in [4.69, 9.17) is 8.94 Å². The van der Waals surface area contributed by atoms with E-state index in [9.17, 15) is 4.79 Å². The van der Waals surface area contributed by atoms with Gasteiger partial charge in [0.05, 0.1) is 6.26 Å². The first-order valence-corrected chi connectivity index (χ1v) is 8.64. The first-order chi connectivity index (χ1) is 11.8. The maximum absolute atomic E-state index is 12.3. The van der Waals surface area contributed by atoms with Gasteiger partial charge < -0.3 is 19.2 Å². The molecule has 1 aliphatic heterocycles. The van der Waals surface area contributed by atoms with Gasteiger partial charge in [0.2, 0.25) is 5.76 Å². The SMILES string of the molecule is O=C(NCC1CCCN1c1nccs1)c1cc(-c2ccco2)on1. The van der Waals surface area contributed by atoms with Crippen molar-refractivity contribution >= 4 is 22.4 Å². The highest BCUT2D eigenvalue weighted by Gasteiger charge is 2.27. The zero-order chi connectivity index (χ0) is 16.4. The zero-order valence-electron chi connectivity index (χ0n) is 12.8. The van der Waals surface area contributed by atoms with Crippen LogP contribution in [-0.4, -0.2) is 35.2 Å². The highest BCUT2D eigenvalue weighted by molar-refractivity contribution is 7.13. The molecule has 1 fully saturated rings. The van der Waals surface area contributed by atoms with Gasteiger partial charge in [0.15, 0.2) is 16.6 Å². The van der Waals surface area contributed by atoms with Crippen molar-refractivity contribution in [1.29, 1.82) is 0 Å². The van der Waals surface area contributed by atoms with Crippen LogP contribution in [0.4, 0.5) is 5.13 Å². The maximum Gasteiger partial charge on any atom is 0.273 e. The van der Waals surface area contributed by atoms with E-state index in [2.05, 4.69) is 20.4 Å². The summed E-state index contributed by atoms with van der Waals surface area (Å²) >= 11 is 1.62. The minimum Gasteiger partial charge on any atom is -0.461 e. The molecule has 4 rings (SSSR count). The number of hydrogen-bond acceptors (Lipinski definition) is 7. The van der Waals surface area contributed by atoms with Crippen molar-refractivity contribution in [3.8, 4) is 11.5 Å². The highest BCUT2D eigenvalue weighted by Crippen LogP contribution is 2.27. The van der Waals surface area contributed by atoms with Crippen LogP contribution in [0.2, 0.25) is 0 Å². The molecule has 3 aromatic rings. The molecule has 1 N–H and O–H groups in total. The van der Waals surface area contributed by atoms with Gasteiger partial charge in [-0.3, -0.25) is 4.79 Å². The van der Waals surface area contributed by atoms with Crippen LogP contribution >= 0.6 is 11.3 Å². The van der Waals surface area contributed by atoms with Gasteiger partial charge in [-0.2, -0.15) is 0 Å². The lowest BCUT2D eigenvalue weighted by molar-refractivity contribution is 0.0942. The number of anilines is 1. The topological polar surface area (TPSA) is 84.4 Å². The monoisotopic (exact) mass is 344 g/mol. The Hall–Kier alpha value is -2.61. The second kappa shape index (κ2) is 6.48. The third-order valence-electron chi connectivity index (χ3n) is 4.05. The number of hydrogen-bond donors (Lipinski definition) is 1. The van der Waals surface area contributed by atoms with Gasteiger partial charge in [-0.05, 0) is 25.0 Å². The molecule has 24 heavy (non-hydrogen) atoms. The Bertz CT molecular complexity index is 797.